The summed E-state index contributed by atoms with van der Waals surface area (Å²) in [6, 6.07) is 1.54. The fraction of sp³-hybridized carbons (Fsp3) is 0.222. The molecule has 0 radical (unpaired) electrons. The standard InChI is InChI=1S/C9H12N4O2S/c1-7-5-10-11-9(7)12-16(14,15)8-3-4-13(2)6-8/h3-6H,1-2H3,(H2,10,11,12). The van der Waals surface area contributed by atoms with Crippen LogP contribution < -0.4 is 4.72 Å². The summed E-state index contributed by atoms with van der Waals surface area (Å²) in [5, 5.41) is 6.34. The fourth-order valence-corrected chi connectivity index (χ4v) is 2.42. The minimum atomic E-state index is -3.53. The van der Waals surface area contributed by atoms with E-state index in [1.54, 1.807) is 30.9 Å². The average Bonchev–Trinajstić information content (AvgIpc) is 2.77. The molecule has 0 aromatic carbocycles. The molecule has 2 rings (SSSR count). The first-order valence-corrected chi connectivity index (χ1v) is 6.12. The third-order valence-corrected chi connectivity index (χ3v) is 3.52. The van der Waals surface area contributed by atoms with Gasteiger partial charge in [-0.15, -0.1) is 0 Å². The van der Waals surface area contributed by atoms with Crippen molar-refractivity contribution in [2.24, 2.45) is 7.05 Å². The maximum absolute atomic E-state index is 11.9. The lowest BCUT2D eigenvalue weighted by Gasteiger charge is -2.04. The number of aromatic amines is 1. The molecule has 0 spiro atoms. The van der Waals surface area contributed by atoms with Crippen LogP contribution in [0.1, 0.15) is 5.56 Å². The van der Waals surface area contributed by atoms with Gasteiger partial charge in [-0.3, -0.25) is 9.82 Å². The van der Waals surface area contributed by atoms with E-state index >= 15 is 0 Å². The normalized spacial score (nSPS) is 11.6. The Kier molecular flexibility index (Phi) is 2.47. The second-order valence-electron chi connectivity index (χ2n) is 3.55. The van der Waals surface area contributed by atoms with Gasteiger partial charge in [0.15, 0.2) is 0 Å². The molecule has 0 aliphatic carbocycles. The third-order valence-electron chi connectivity index (χ3n) is 2.18. The summed E-state index contributed by atoms with van der Waals surface area (Å²) in [4.78, 5) is 0.226. The summed E-state index contributed by atoms with van der Waals surface area (Å²) < 4.78 is 27.9. The molecule has 0 fully saturated rings. The van der Waals surface area contributed by atoms with Crippen LogP contribution in [0.2, 0.25) is 0 Å². The quantitative estimate of drug-likeness (QED) is 0.835. The van der Waals surface area contributed by atoms with Gasteiger partial charge in [0, 0.05) is 25.0 Å². The molecule has 0 aliphatic rings. The zero-order valence-corrected chi connectivity index (χ0v) is 9.75. The van der Waals surface area contributed by atoms with Crippen molar-refractivity contribution in [3.63, 3.8) is 0 Å². The molecule has 16 heavy (non-hydrogen) atoms. The minimum Gasteiger partial charge on any atom is -0.356 e. The maximum Gasteiger partial charge on any atom is 0.264 e. The first kappa shape index (κ1) is 10.7. The van der Waals surface area contributed by atoms with Gasteiger partial charge in [0.2, 0.25) is 0 Å². The van der Waals surface area contributed by atoms with Crippen molar-refractivity contribution >= 4 is 15.8 Å². The van der Waals surface area contributed by atoms with E-state index in [4.69, 9.17) is 0 Å². The number of sulfonamides is 1. The Bertz CT molecular complexity index is 597. The molecule has 0 saturated heterocycles. The van der Waals surface area contributed by atoms with Gasteiger partial charge >= 0.3 is 0 Å². The zero-order valence-electron chi connectivity index (χ0n) is 8.93. The molecule has 2 aromatic rings. The fourth-order valence-electron chi connectivity index (χ4n) is 1.28. The Morgan fingerprint density at radius 2 is 2.25 bits per heavy atom. The van der Waals surface area contributed by atoms with E-state index in [1.165, 1.54) is 12.3 Å². The molecule has 2 heterocycles. The van der Waals surface area contributed by atoms with Gasteiger partial charge in [0.1, 0.15) is 10.7 Å². The highest BCUT2D eigenvalue weighted by Gasteiger charge is 2.16. The molecular formula is C9H12N4O2S. The summed E-state index contributed by atoms with van der Waals surface area (Å²) in [5.41, 5.74) is 0.750. The van der Waals surface area contributed by atoms with Crippen molar-refractivity contribution in [3.05, 3.63) is 30.2 Å². The van der Waals surface area contributed by atoms with Crippen molar-refractivity contribution in [1.29, 1.82) is 0 Å². The predicted molar refractivity (Wildman–Crippen MR) is 59.5 cm³/mol. The molecule has 0 atom stereocenters. The summed E-state index contributed by atoms with van der Waals surface area (Å²) in [6.45, 7) is 1.77. The van der Waals surface area contributed by atoms with E-state index in [0.29, 0.717) is 5.82 Å². The van der Waals surface area contributed by atoms with Crippen molar-refractivity contribution < 1.29 is 8.42 Å². The highest BCUT2D eigenvalue weighted by Crippen LogP contribution is 2.16. The van der Waals surface area contributed by atoms with E-state index in [9.17, 15) is 8.42 Å². The summed E-state index contributed by atoms with van der Waals surface area (Å²) in [6.07, 6.45) is 4.77. The van der Waals surface area contributed by atoms with Crippen molar-refractivity contribution in [1.82, 2.24) is 14.8 Å². The first-order chi connectivity index (χ1) is 7.49. The summed E-state index contributed by atoms with van der Waals surface area (Å²) >= 11 is 0. The SMILES string of the molecule is Cc1cn[nH]c1NS(=O)(=O)c1ccn(C)c1. The Balaban J connectivity index is 2.31. The van der Waals surface area contributed by atoms with Crippen LogP contribution in [0.4, 0.5) is 5.82 Å². The topological polar surface area (TPSA) is 79.8 Å². The van der Waals surface area contributed by atoms with Gasteiger partial charge in [0.05, 0.1) is 6.20 Å². The van der Waals surface area contributed by atoms with Crippen LogP contribution in [-0.4, -0.2) is 23.2 Å². The molecule has 0 bridgehead atoms. The van der Waals surface area contributed by atoms with Crippen LogP contribution in [0, 0.1) is 6.92 Å². The second-order valence-corrected chi connectivity index (χ2v) is 5.23. The highest BCUT2D eigenvalue weighted by molar-refractivity contribution is 7.92. The van der Waals surface area contributed by atoms with Crippen LogP contribution in [-0.2, 0) is 17.1 Å². The number of rotatable bonds is 3. The molecule has 2 aromatic heterocycles. The molecule has 0 aliphatic heterocycles. The zero-order chi connectivity index (χ0) is 11.8. The Labute approximate surface area is 93.3 Å². The van der Waals surface area contributed by atoms with E-state index in [1.807, 2.05) is 0 Å². The third kappa shape index (κ3) is 1.94. The minimum absolute atomic E-state index is 0.226. The molecule has 7 heteroatoms. The van der Waals surface area contributed by atoms with Crippen molar-refractivity contribution in [3.8, 4) is 0 Å². The van der Waals surface area contributed by atoms with Gasteiger partial charge in [-0.2, -0.15) is 5.10 Å². The van der Waals surface area contributed by atoms with Crippen molar-refractivity contribution in [2.75, 3.05) is 4.72 Å². The van der Waals surface area contributed by atoms with Gasteiger partial charge in [0.25, 0.3) is 10.0 Å². The van der Waals surface area contributed by atoms with E-state index in [2.05, 4.69) is 14.9 Å². The van der Waals surface area contributed by atoms with E-state index in [0.717, 1.165) is 5.56 Å². The number of aromatic nitrogens is 3. The number of aryl methyl sites for hydroxylation is 2. The molecule has 6 nitrogen and oxygen atoms in total. The van der Waals surface area contributed by atoms with E-state index in [-0.39, 0.29) is 4.90 Å². The molecule has 0 unspecified atom stereocenters. The number of H-pyrrole nitrogens is 1. The Hall–Kier alpha value is -1.76. The van der Waals surface area contributed by atoms with Crippen LogP contribution in [0.15, 0.2) is 29.6 Å². The maximum atomic E-state index is 11.9. The van der Waals surface area contributed by atoms with Gasteiger partial charge < -0.3 is 4.57 Å². The summed E-state index contributed by atoms with van der Waals surface area (Å²) in [7, 11) is -1.76. The number of nitrogens with zero attached hydrogens (tertiary/aromatic N) is 2. The smallest absolute Gasteiger partial charge is 0.264 e. The number of anilines is 1. The molecule has 0 saturated carbocycles. The monoisotopic (exact) mass is 240 g/mol. The molecular weight excluding hydrogens is 228 g/mol. The largest absolute Gasteiger partial charge is 0.356 e. The second kappa shape index (κ2) is 3.67. The predicted octanol–water partition coefficient (Wildman–Crippen LogP) is 0.857. The molecule has 86 valence electrons. The average molecular weight is 240 g/mol. The van der Waals surface area contributed by atoms with Crippen LogP contribution >= 0.6 is 0 Å². The molecule has 0 amide bonds. The van der Waals surface area contributed by atoms with Crippen molar-refractivity contribution in [2.45, 2.75) is 11.8 Å². The van der Waals surface area contributed by atoms with Gasteiger partial charge in [-0.25, -0.2) is 8.42 Å². The lowest BCUT2D eigenvalue weighted by Crippen LogP contribution is -2.13. The lowest BCUT2D eigenvalue weighted by molar-refractivity contribution is 0.601. The first-order valence-electron chi connectivity index (χ1n) is 4.64. The lowest BCUT2D eigenvalue weighted by atomic mass is 10.4. The molecule has 2 N–H and O–H groups in total. The van der Waals surface area contributed by atoms with Crippen LogP contribution in [0.5, 0.6) is 0 Å². The van der Waals surface area contributed by atoms with Crippen LogP contribution in [0.25, 0.3) is 0 Å². The Morgan fingerprint density at radius 1 is 1.50 bits per heavy atom. The Morgan fingerprint density at radius 3 is 2.75 bits per heavy atom. The van der Waals surface area contributed by atoms with E-state index < -0.39 is 10.0 Å². The number of hydrogen-bond acceptors (Lipinski definition) is 3. The van der Waals surface area contributed by atoms with Gasteiger partial charge in [-0.1, -0.05) is 0 Å². The number of hydrogen-bond donors (Lipinski definition) is 2. The van der Waals surface area contributed by atoms with Crippen LogP contribution in [0.3, 0.4) is 0 Å². The number of nitrogens with one attached hydrogen (secondary N) is 2. The highest BCUT2D eigenvalue weighted by atomic mass is 32.2. The summed E-state index contributed by atoms with van der Waals surface area (Å²) in [5.74, 6) is 0.392. The van der Waals surface area contributed by atoms with Gasteiger partial charge in [-0.05, 0) is 13.0 Å².